The maximum Gasteiger partial charge on any atom is 0.314 e. The number of hydrogen-bond acceptors (Lipinski definition) is 4. The van der Waals surface area contributed by atoms with Crippen LogP contribution in [0.15, 0.2) is 24.3 Å². The van der Waals surface area contributed by atoms with E-state index < -0.39 is 0 Å². The molecular formula is C24H38O4. The van der Waals surface area contributed by atoms with Crippen molar-refractivity contribution in [3.05, 3.63) is 24.3 Å². The van der Waals surface area contributed by atoms with Gasteiger partial charge in [0.05, 0.1) is 12.0 Å². The summed E-state index contributed by atoms with van der Waals surface area (Å²) in [5.41, 5.74) is 0. The summed E-state index contributed by atoms with van der Waals surface area (Å²) in [5, 5.41) is 0. The largest absolute Gasteiger partial charge is 0.468 e. The molecule has 0 radical (unpaired) electrons. The minimum absolute atomic E-state index is 0.0498. The quantitative estimate of drug-likeness (QED) is 0.321. The van der Waals surface area contributed by atoms with Gasteiger partial charge in [-0.2, -0.15) is 0 Å². The average molecular weight is 391 g/mol. The highest BCUT2D eigenvalue weighted by Crippen LogP contribution is 2.30. The van der Waals surface area contributed by atoms with Gasteiger partial charge >= 0.3 is 5.97 Å². The molecule has 1 aromatic carbocycles. The Balaban J connectivity index is 0.00000136. The summed E-state index contributed by atoms with van der Waals surface area (Å²) < 4.78 is 17.0. The molecule has 0 amide bonds. The van der Waals surface area contributed by atoms with Crippen LogP contribution in [-0.4, -0.2) is 18.9 Å². The van der Waals surface area contributed by atoms with Gasteiger partial charge in [0.15, 0.2) is 6.79 Å². The van der Waals surface area contributed by atoms with Crippen LogP contribution in [0.3, 0.4) is 0 Å². The Kier molecular flexibility index (Phi) is 9.83. The van der Waals surface area contributed by atoms with Crippen LogP contribution in [0.5, 0.6) is 11.5 Å². The predicted molar refractivity (Wildman–Crippen MR) is 113 cm³/mol. The lowest BCUT2D eigenvalue weighted by molar-refractivity contribution is -0.140. The summed E-state index contributed by atoms with van der Waals surface area (Å²) in [4.78, 5) is 12.3. The van der Waals surface area contributed by atoms with Gasteiger partial charge in [-0.05, 0) is 87.5 Å². The maximum absolute atomic E-state index is 12.3. The van der Waals surface area contributed by atoms with Gasteiger partial charge in [0.2, 0.25) is 0 Å². The fourth-order valence-corrected chi connectivity index (χ4v) is 3.89. The molecular weight excluding hydrogens is 352 g/mol. The third-order valence-corrected chi connectivity index (χ3v) is 5.88. The molecule has 0 bridgehead atoms. The summed E-state index contributed by atoms with van der Waals surface area (Å²) in [6.45, 7) is 8.83. The zero-order valence-corrected chi connectivity index (χ0v) is 18.1. The van der Waals surface area contributed by atoms with Crippen LogP contribution in [0.4, 0.5) is 0 Å². The smallest absolute Gasteiger partial charge is 0.314 e. The summed E-state index contributed by atoms with van der Waals surface area (Å²) in [6.07, 6.45) is 9.17. The third-order valence-electron chi connectivity index (χ3n) is 5.88. The van der Waals surface area contributed by atoms with Crippen molar-refractivity contribution in [3.63, 3.8) is 0 Å². The monoisotopic (exact) mass is 390 g/mol. The maximum atomic E-state index is 12.3. The highest BCUT2D eigenvalue weighted by molar-refractivity contribution is 5.75. The van der Waals surface area contributed by atoms with E-state index in [1.165, 1.54) is 12.8 Å². The average Bonchev–Trinajstić information content (AvgIpc) is 2.73. The molecule has 4 nitrogen and oxygen atoms in total. The van der Waals surface area contributed by atoms with E-state index in [9.17, 15) is 4.79 Å². The van der Waals surface area contributed by atoms with Gasteiger partial charge in [0.25, 0.3) is 0 Å². The molecule has 0 N–H and O–H groups in total. The van der Waals surface area contributed by atoms with E-state index in [1.54, 1.807) is 12.1 Å². The van der Waals surface area contributed by atoms with Crippen LogP contribution >= 0.6 is 0 Å². The van der Waals surface area contributed by atoms with E-state index in [2.05, 4.69) is 13.8 Å². The van der Waals surface area contributed by atoms with Crippen molar-refractivity contribution in [2.45, 2.75) is 85.2 Å². The molecule has 1 aromatic rings. The van der Waals surface area contributed by atoms with Crippen molar-refractivity contribution >= 4 is 5.97 Å². The molecule has 4 heteroatoms. The molecule has 0 atom stereocenters. The molecule has 0 saturated heterocycles. The number of esters is 1. The summed E-state index contributed by atoms with van der Waals surface area (Å²) in [5.74, 6) is 2.83. The molecule has 2 fully saturated rings. The number of carbonyl (C=O) groups is 1. The first kappa shape index (κ1) is 22.7. The van der Waals surface area contributed by atoms with Crippen LogP contribution in [-0.2, 0) is 9.53 Å². The second-order valence-corrected chi connectivity index (χ2v) is 8.16. The lowest BCUT2D eigenvalue weighted by Crippen LogP contribution is -2.24. The van der Waals surface area contributed by atoms with Gasteiger partial charge in [0.1, 0.15) is 11.5 Å². The molecule has 2 saturated carbocycles. The molecule has 158 valence electrons. The van der Waals surface area contributed by atoms with E-state index in [1.807, 2.05) is 26.0 Å². The van der Waals surface area contributed by atoms with Crippen molar-refractivity contribution < 1.29 is 19.0 Å². The van der Waals surface area contributed by atoms with Gasteiger partial charge in [-0.15, -0.1) is 0 Å². The molecule has 2 aliphatic rings. The van der Waals surface area contributed by atoms with Gasteiger partial charge in [-0.1, -0.05) is 27.7 Å². The number of hydrogen-bond donors (Lipinski definition) is 0. The van der Waals surface area contributed by atoms with Crippen LogP contribution in [0, 0.1) is 17.8 Å². The van der Waals surface area contributed by atoms with Crippen LogP contribution < -0.4 is 9.47 Å². The van der Waals surface area contributed by atoms with Crippen LogP contribution in [0.2, 0.25) is 0 Å². The molecule has 3 rings (SSSR count). The lowest BCUT2D eigenvalue weighted by Gasteiger charge is -2.26. The van der Waals surface area contributed by atoms with Crippen LogP contribution in [0.1, 0.15) is 79.1 Å². The van der Waals surface area contributed by atoms with Crippen molar-refractivity contribution in [1.82, 2.24) is 0 Å². The zero-order valence-electron chi connectivity index (χ0n) is 18.1. The second kappa shape index (κ2) is 12.1. The topological polar surface area (TPSA) is 44.8 Å². The van der Waals surface area contributed by atoms with E-state index in [4.69, 9.17) is 14.2 Å². The van der Waals surface area contributed by atoms with Crippen molar-refractivity contribution in [2.24, 2.45) is 17.8 Å². The van der Waals surface area contributed by atoms with Crippen LogP contribution in [0.25, 0.3) is 0 Å². The van der Waals surface area contributed by atoms with E-state index in [0.29, 0.717) is 11.9 Å². The Labute approximate surface area is 170 Å². The van der Waals surface area contributed by atoms with Crippen molar-refractivity contribution in [2.75, 3.05) is 6.79 Å². The fourth-order valence-electron chi connectivity index (χ4n) is 3.89. The molecule has 2 aliphatic carbocycles. The Hall–Kier alpha value is -1.55. The SMILES string of the molecule is CC.CC1CCC(OCOc2ccc(OC(=O)C3CCC(C)CC3)cc2)CC1. The number of carbonyl (C=O) groups excluding carboxylic acids is 1. The summed E-state index contributed by atoms with van der Waals surface area (Å²) in [7, 11) is 0. The van der Waals surface area contributed by atoms with E-state index >= 15 is 0 Å². The van der Waals surface area contributed by atoms with Gasteiger partial charge in [0, 0.05) is 0 Å². The molecule has 28 heavy (non-hydrogen) atoms. The van der Waals surface area contributed by atoms with Gasteiger partial charge in [-0.3, -0.25) is 4.79 Å². The number of ether oxygens (including phenoxy) is 3. The van der Waals surface area contributed by atoms with Gasteiger partial charge < -0.3 is 14.2 Å². The Morgan fingerprint density at radius 1 is 0.821 bits per heavy atom. The Morgan fingerprint density at radius 3 is 1.89 bits per heavy atom. The molecule has 0 aliphatic heterocycles. The van der Waals surface area contributed by atoms with Crippen molar-refractivity contribution in [3.8, 4) is 11.5 Å². The van der Waals surface area contributed by atoms with Gasteiger partial charge in [-0.25, -0.2) is 0 Å². The predicted octanol–water partition coefficient (Wildman–Crippen LogP) is 6.38. The molecule has 0 heterocycles. The van der Waals surface area contributed by atoms with E-state index in [-0.39, 0.29) is 18.7 Å². The first-order valence-electron chi connectivity index (χ1n) is 11.2. The highest BCUT2D eigenvalue weighted by atomic mass is 16.7. The molecule has 0 spiro atoms. The summed E-state index contributed by atoms with van der Waals surface area (Å²) >= 11 is 0. The first-order valence-corrected chi connectivity index (χ1v) is 11.2. The fraction of sp³-hybridized carbons (Fsp3) is 0.708. The highest BCUT2D eigenvalue weighted by Gasteiger charge is 2.26. The zero-order chi connectivity index (χ0) is 20.4. The standard InChI is InChI=1S/C22H32O4.C2H6/c1-16-3-7-18(8-4-16)22(23)26-21-13-11-20(12-14-21)25-15-24-19-9-5-17(2)6-10-19;1-2/h11-14,16-19H,3-10,15H2,1-2H3;1-2H3. The Morgan fingerprint density at radius 2 is 1.32 bits per heavy atom. The first-order chi connectivity index (χ1) is 13.6. The minimum atomic E-state index is -0.0968. The Bertz CT molecular complexity index is 552. The van der Waals surface area contributed by atoms with E-state index in [0.717, 1.165) is 56.1 Å². The number of benzene rings is 1. The molecule has 0 unspecified atom stereocenters. The minimum Gasteiger partial charge on any atom is -0.468 e. The number of rotatable bonds is 6. The normalized spacial score (nSPS) is 27.3. The van der Waals surface area contributed by atoms with Crippen molar-refractivity contribution in [1.29, 1.82) is 0 Å². The second-order valence-electron chi connectivity index (χ2n) is 8.16. The third kappa shape index (κ3) is 7.46. The molecule has 0 aromatic heterocycles. The summed E-state index contributed by atoms with van der Waals surface area (Å²) in [6, 6.07) is 7.25. The lowest BCUT2D eigenvalue weighted by atomic mass is 9.83.